The van der Waals surface area contributed by atoms with Gasteiger partial charge in [-0.2, -0.15) is 0 Å². The Hall–Kier alpha value is -2.17. The molecule has 0 radical (unpaired) electrons. The van der Waals surface area contributed by atoms with Gasteiger partial charge in [-0.1, -0.05) is 25.5 Å². The quantitative estimate of drug-likeness (QED) is 0.614. The molecule has 0 spiro atoms. The number of carbonyl (C=O) groups excluding carboxylic acids is 3. The van der Waals surface area contributed by atoms with Crippen molar-refractivity contribution in [3.05, 3.63) is 29.8 Å². The van der Waals surface area contributed by atoms with E-state index in [2.05, 4.69) is 5.32 Å². The number of nitrogens with one attached hydrogen (secondary N) is 1. The highest BCUT2D eigenvalue weighted by Gasteiger charge is 2.10. The lowest BCUT2D eigenvalue weighted by Gasteiger charge is -2.06. The van der Waals surface area contributed by atoms with Crippen LogP contribution < -0.4 is 5.32 Å². The zero-order chi connectivity index (χ0) is 15.0. The standard InChI is InChI=1S/C15H19NO4/c1-3-4-8-15(19)20-10-14(18)12-6-5-7-13(9-12)16-11(2)17/h5-7,9H,3-4,8,10H2,1-2H3,(H,16,17). The number of esters is 1. The number of ketones is 1. The van der Waals surface area contributed by atoms with Crippen LogP contribution in [0, 0.1) is 0 Å². The van der Waals surface area contributed by atoms with Gasteiger partial charge in [-0.25, -0.2) is 0 Å². The molecule has 0 atom stereocenters. The third kappa shape index (κ3) is 5.65. The molecule has 20 heavy (non-hydrogen) atoms. The molecule has 0 saturated carbocycles. The van der Waals surface area contributed by atoms with Crippen LogP contribution in [0.3, 0.4) is 0 Å². The van der Waals surface area contributed by atoms with E-state index < -0.39 is 0 Å². The van der Waals surface area contributed by atoms with E-state index in [1.54, 1.807) is 24.3 Å². The number of Topliss-reactive ketones (excluding diaryl/α,β-unsaturated/α-hetero) is 1. The van der Waals surface area contributed by atoms with Crippen LogP contribution in [0.1, 0.15) is 43.5 Å². The average molecular weight is 277 g/mol. The van der Waals surface area contributed by atoms with Crippen molar-refractivity contribution < 1.29 is 19.1 Å². The van der Waals surface area contributed by atoms with E-state index >= 15 is 0 Å². The molecule has 5 heteroatoms. The number of hydrogen-bond acceptors (Lipinski definition) is 4. The Kier molecular flexibility index (Phi) is 6.43. The zero-order valence-corrected chi connectivity index (χ0v) is 11.8. The Bertz CT molecular complexity index is 496. The first kappa shape index (κ1) is 15.9. The molecule has 1 aromatic carbocycles. The lowest BCUT2D eigenvalue weighted by Crippen LogP contribution is -2.14. The minimum atomic E-state index is -0.363. The van der Waals surface area contributed by atoms with Gasteiger partial charge < -0.3 is 10.1 Å². The smallest absolute Gasteiger partial charge is 0.306 e. The lowest BCUT2D eigenvalue weighted by atomic mass is 10.1. The van der Waals surface area contributed by atoms with Crippen molar-refractivity contribution in [2.75, 3.05) is 11.9 Å². The highest BCUT2D eigenvalue weighted by molar-refractivity contribution is 5.99. The normalized spacial score (nSPS) is 9.90. The van der Waals surface area contributed by atoms with Gasteiger partial charge in [-0.05, 0) is 18.6 Å². The van der Waals surface area contributed by atoms with Gasteiger partial charge in [0.2, 0.25) is 5.91 Å². The number of rotatable bonds is 7. The zero-order valence-electron chi connectivity index (χ0n) is 11.8. The predicted octanol–water partition coefficient (Wildman–Crippen LogP) is 2.56. The largest absolute Gasteiger partial charge is 0.457 e. The van der Waals surface area contributed by atoms with E-state index in [0.29, 0.717) is 17.7 Å². The maximum absolute atomic E-state index is 11.9. The molecule has 0 saturated heterocycles. The maximum Gasteiger partial charge on any atom is 0.306 e. The fourth-order valence-electron chi connectivity index (χ4n) is 1.60. The molecular weight excluding hydrogens is 258 g/mol. The summed E-state index contributed by atoms with van der Waals surface area (Å²) in [5.41, 5.74) is 0.945. The summed E-state index contributed by atoms with van der Waals surface area (Å²) < 4.78 is 4.91. The number of anilines is 1. The van der Waals surface area contributed by atoms with Gasteiger partial charge >= 0.3 is 5.97 Å². The minimum Gasteiger partial charge on any atom is -0.457 e. The highest BCUT2D eigenvalue weighted by atomic mass is 16.5. The van der Waals surface area contributed by atoms with Crippen LogP contribution in [-0.4, -0.2) is 24.3 Å². The third-order valence-electron chi connectivity index (χ3n) is 2.60. The molecule has 1 N–H and O–H groups in total. The fourth-order valence-corrected chi connectivity index (χ4v) is 1.60. The minimum absolute atomic E-state index is 0.208. The summed E-state index contributed by atoms with van der Waals surface area (Å²) >= 11 is 0. The molecular formula is C15H19NO4. The van der Waals surface area contributed by atoms with Crippen molar-refractivity contribution in [1.82, 2.24) is 0 Å². The first-order valence-corrected chi connectivity index (χ1v) is 6.59. The van der Waals surface area contributed by atoms with Gasteiger partial charge in [0.1, 0.15) is 0 Å². The summed E-state index contributed by atoms with van der Waals surface area (Å²) in [6.45, 7) is 3.10. The van der Waals surface area contributed by atoms with Crippen LogP contribution in [0.2, 0.25) is 0 Å². The molecule has 0 aliphatic carbocycles. The van der Waals surface area contributed by atoms with Gasteiger partial charge in [0, 0.05) is 24.6 Å². The molecule has 0 unspecified atom stereocenters. The first-order chi connectivity index (χ1) is 9.52. The van der Waals surface area contributed by atoms with Gasteiger partial charge in [0.05, 0.1) is 0 Å². The van der Waals surface area contributed by atoms with Crippen LogP contribution in [0.25, 0.3) is 0 Å². The monoisotopic (exact) mass is 277 g/mol. The van der Waals surface area contributed by atoms with Crippen molar-refractivity contribution in [3.63, 3.8) is 0 Å². The SMILES string of the molecule is CCCCC(=O)OCC(=O)c1cccc(NC(C)=O)c1. The molecule has 0 aliphatic heterocycles. The Balaban J connectivity index is 2.55. The number of benzene rings is 1. The van der Waals surface area contributed by atoms with Crippen molar-refractivity contribution in [3.8, 4) is 0 Å². The van der Waals surface area contributed by atoms with Crippen LogP contribution in [0.4, 0.5) is 5.69 Å². The summed E-state index contributed by atoms with van der Waals surface area (Å²) in [6.07, 6.45) is 1.99. The maximum atomic E-state index is 11.9. The third-order valence-corrected chi connectivity index (χ3v) is 2.60. The Labute approximate surface area is 118 Å². The highest BCUT2D eigenvalue weighted by Crippen LogP contribution is 2.11. The van der Waals surface area contributed by atoms with E-state index in [1.807, 2.05) is 6.92 Å². The van der Waals surface area contributed by atoms with Crippen LogP contribution in [0.5, 0.6) is 0 Å². The number of ether oxygens (including phenoxy) is 1. The number of unbranched alkanes of at least 4 members (excludes halogenated alkanes) is 1. The van der Waals surface area contributed by atoms with E-state index in [9.17, 15) is 14.4 Å². The second kappa shape index (κ2) is 8.09. The molecule has 0 fully saturated rings. The van der Waals surface area contributed by atoms with Crippen molar-refractivity contribution >= 4 is 23.3 Å². The summed E-state index contributed by atoms with van der Waals surface area (Å²) in [7, 11) is 0. The van der Waals surface area contributed by atoms with E-state index in [1.165, 1.54) is 6.92 Å². The van der Waals surface area contributed by atoms with Crippen LogP contribution in [-0.2, 0) is 14.3 Å². The van der Waals surface area contributed by atoms with Crippen molar-refractivity contribution in [2.45, 2.75) is 33.1 Å². The predicted molar refractivity (Wildman–Crippen MR) is 75.6 cm³/mol. The second-order valence-corrected chi connectivity index (χ2v) is 4.45. The Morgan fingerprint density at radius 1 is 1.25 bits per heavy atom. The van der Waals surface area contributed by atoms with Crippen molar-refractivity contribution in [2.24, 2.45) is 0 Å². The number of amides is 1. The summed E-state index contributed by atoms with van der Waals surface area (Å²) in [6, 6.07) is 6.53. The molecule has 0 aliphatic rings. The number of carbonyl (C=O) groups is 3. The van der Waals surface area contributed by atoms with E-state index in [4.69, 9.17) is 4.74 Å². The molecule has 5 nitrogen and oxygen atoms in total. The Morgan fingerprint density at radius 3 is 2.65 bits per heavy atom. The molecule has 1 amide bonds. The molecule has 0 bridgehead atoms. The lowest BCUT2D eigenvalue weighted by molar-refractivity contribution is -0.142. The average Bonchev–Trinajstić information content (AvgIpc) is 2.42. The summed E-state index contributed by atoms with van der Waals surface area (Å²) in [5, 5.41) is 2.59. The topological polar surface area (TPSA) is 72.5 Å². The second-order valence-electron chi connectivity index (χ2n) is 4.45. The molecule has 1 rings (SSSR count). The van der Waals surface area contributed by atoms with Gasteiger partial charge in [0.25, 0.3) is 0 Å². The van der Waals surface area contributed by atoms with E-state index in [0.717, 1.165) is 12.8 Å². The van der Waals surface area contributed by atoms with Crippen LogP contribution in [0.15, 0.2) is 24.3 Å². The summed E-state index contributed by atoms with van der Waals surface area (Å²) in [4.78, 5) is 34.1. The molecule has 108 valence electrons. The van der Waals surface area contributed by atoms with E-state index in [-0.39, 0.29) is 24.3 Å². The first-order valence-electron chi connectivity index (χ1n) is 6.59. The number of hydrogen-bond donors (Lipinski definition) is 1. The van der Waals surface area contributed by atoms with Gasteiger partial charge in [0.15, 0.2) is 12.4 Å². The molecule has 0 heterocycles. The van der Waals surface area contributed by atoms with Gasteiger partial charge in [-0.3, -0.25) is 14.4 Å². The van der Waals surface area contributed by atoms with Crippen molar-refractivity contribution in [1.29, 1.82) is 0 Å². The Morgan fingerprint density at radius 2 is 2.00 bits per heavy atom. The molecule has 1 aromatic rings. The molecule has 0 aromatic heterocycles. The summed E-state index contributed by atoms with van der Waals surface area (Å²) in [5.74, 6) is -0.860. The van der Waals surface area contributed by atoms with Crippen LogP contribution >= 0.6 is 0 Å². The fraction of sp³-hybridized carbons (Fsp3) is 0.400. The van der Waals surface area contributed by atoms with Gasteiger partial charge in [-0.15, -0.1) is 0 Å².